The third kappa shape index (κ3) is 3.27. The third-order valence-corrected chi connectivity index (χ3v) is 4.36. The Kier molecular flexibility index (Phi) is 4.17. The average molecular weight is 317 g/mol. The molecule has 0 aliphatic heterocycles. The Balaban J connectivity index is 1.81. The van der Waals surface area contributed by atoms with Crippen LogP contribution in [0.5, 0.6) is 0 Å². The van der Waals surface area contributed by atoms with Gasteiger partial charge < -0.3 is 10.4 Å². The number of aromatic nitrogens is 2. The summed E-state index contributed by atoms with van der Waals surface area (Å²) >= 11 is 0. The van der Waals surface area contributed by atoms with Crippen LogP contribution < -0.4 is 5.32 Å². The zero-order valence-corrected chi connectivity index (χ0v) is 13.2. The van der Waals surface area contributed by atoms with E-state index in [0.29, 0.717) is 12.8 Å². The molecular weight excluding hydrogens is 297 g/mol. The second-order valence-corrected chi connectivity index (χ2v) is 6.27. The summed E-state index contributed by atoms with van der Waals surface area (Å²) in [6.45, 7) is 1.78. The van der Waals surface area contributed by atoms with Crippen molar-refractivity contribution >= 4 is 5.91 Å². The average Bonchev–Trinajstić information content (AvgIpc) is 2.88. The van der Waals surface area contributed by atoms with Gasteiger partial charge in [0.15, 0.2) is 0 Å². The van der Waals surface area contributed by atoms with Crippen LogP contribution in [0, 0.1) is 18.7 Å². The lowest BCUT2D eigenvalue weighted by Gasteiger charge is -2.37. The number of hydrogen-bond donors (Lipinski definition) is 2. The molecule has 0 bridgehead atoms. The Labute approximate surface area is 134 Å². The maximum Gasteiger partial charge on any atom is 0.254 e. The van der Waals surface area contributed by atoms with Crippen LogP contribution in [-0.2, 0) is 7.05 Å². The molecule has 0 saturated heterocycles. The standard InChI is InChI=1S/C17H20FN3O2/c1-10-3-4-14(15(18)5-10)17(23)20-16(11-6-13(22)7-11)12-8-19-21(2)9-12/h3-5,8-9,11,13,16,22H,6-7H2,1-2H3,(H,20,23). The van der Waals surface area contributed by atoms with E-state index < -0.39 is 11.7 Å². The van der Waals surface area contributed by atoms with Gasteiger partial charge in [-0.05, 0) is 43.4 Å². The Morgan fingerprint density at radius 2 is 2.22 bits per heavy atom. The first-order chi connectivity index (χ1) is 10.9. The number of halogens is 1. The molecule has 1 aliphatic rings. The molecule has 1 heterocycles. The molecule has 1 amide bonds. The first-order valence-electron chi connectivity index (χ1n) is 7.67. The fraction of sp³-hybridized carbons (Fsp3) is 0.412. The summed E-state index contributed by atoms with van der Waals surface area (Å²) in [6, 6.07) is 4.28. The SMILES string of the molecule is Cc1ccc(C(=O)NC(c2cnn(C)c2)C2CC(O)C2)c(F)c1. The number of aliphatic hydroxyl groups excluding tert-OH is 1. The molecule has 3 rings (SSSR count). The number of hydrogen-bond acceptors (Lipinski definition) is 3. The normalized spacial score (nSPS) is 21.6. The fourth-order valence-corrected chi connectivity index (χ4v) is 3.00. The maximum atomic E-state index is 14.0. The lowest BCUT2D eigenvalue weighted by molar-refractivity contribution is 0.0234. The van der Waals surface area contributed by atoms with Crippen LogP contribution in [0.4, 0.5) is 4.39 Å². The number of aryl methyl sites for hydroxylation is 2. The number of nitrogens with zero attached hydrogens (tertiary/aromatic N) is 2. The zero-order chi connectivity index (χ0) is 16.6. The van der Waals surface area contributed by atoms with Gasteiger partial charge in [0.2, 0.25) is 0 Å². The lowest BCUT2D eigenvalue weighted by Crippen LogP contribution is -2.41. The van der Waals surface area contributed by atoms with E-state index in [1.807, 2.05) is 6.20 Å². The second kappa shape index (κ2) is 6.12. The van der Waals surface area contributed by atoms with E-state index in [1.165, 1.54) is 12.1 Å². The van der Waals surface area contributed by atoms with Crippen LogP contribution in [0.25, 0.3) is 0 Å². The highest BCUT2D eigenvalue weighted by atomic mass is 19.1. The van der Waals surface area contributed by atoms with Crippen molar-refractivity contribution in [1.29, 1.82) is 0 Å². The minimum Gasteiger partial charge on any atom is -0.393 e. The van der Waals surface area contributed by atoms with Crippen LogP contribution in [0.3, 0.4) is 0 Å². The molecule has 0 spiro atoms. The summed E-state index contributed by atoms with van der Waals surface area (Å²) < 4.78 is 15.7. The summed E-state index contributed by atoms with van der Waals surface area (Å²) in [6.07, 6.45) is 4.45. The molecule has 1 aromatic heterocycles. The second-order valence-electron chi connectivity index (χ2n) is 6.27. The largest absolute Gasteiger partial charge is 0.393 e. The van der Waals surface area contributed by atoms with Crippen LogP contribution >= 0.6 is 0 Å². The van der Waals surface area contributed by atoms with Crippen LogP contribution in [0.2, 0.25) is 0 Å². The van der Waals surface area contributed by atoms with Gasteiger partial charge in [0, 0.05) is 18.8 Å². The molecule has 5 nitrogen and oxygen atoms in total. The molecule has 2 N–H and O–H groups in total. The van der Waals surface area contributed by atoms with E-state index >= 15 is 0 Å². The zero-order valence-electron chi connectivity index (χ0n) is 13.2. The number of amides is 1. The molecule has 0 radical (unpaired) electrons. The van der Waals surface area contributed by atoms with Gasteiger partial charge in [-0.15, -0.1) is 0 Å². The minimum absolute atomic E-state index is 0.0318. The van der Waals surface area contributed by atoms with E-state index in [0.717, 1.165) is 11.1 Å². The van der Waals surface area contributed by atoms with Crippen molar-refractivity contribution in [2.75, 3.05) is 0 Å². The molecule has 1 fully saturated rings. The predicted octanol–water partition coefficient (Wildman–Crippen LogP) is 2.11. The van der Waals surface area contributed by atoms with Crippen molar-refractivity contribution in [3.05, 3.63) is 53.1 Å². The molecule has 1 aromatic carbocycles. The van der Waals surface area contributed by atoms with Gasteiger partial charge >= 0.3 is 0 Å². The Morgan fingerprint density at radius 1 is 1.48 bits per heavy atom. The van der Waals surface area contributed by atoms with E-state index in [-0.39, 0.29) is 23.6 Å². The lowest BCUT2D eigenvalue weighted by atomic mass is 9.75. The van der Waals surface area contributed by atoms with Gasteiger partial charge in [0.1, 0.15) is 5.82 Å². The molecule has 23 heavy (non-hydrogen) atoms. The van der Waals surface area contributed by atoms with Gasteiger partial charge in [-0.2, -0.15) is 5.10 Å². The number of carbonyl (C=O) groups excluding carboxylic acids is 1. The van der Waals surface area contributed by atoms with Crippen molar-refractivity contribution in [2.45, 2.75) is 31.9 Å². The number of carbonyl (C=O) groups is 1. The molecular formula is C17H20FN3O2. The topological polar surface area (TPSA) is 67.2 Å². The smallest absolute Gasteiger partial charge is 0.254 e. The molecule has 1 aliphatic carbocycles. The Bertz CT molecular complexity index is 722. The summed E-state index contributed by atoms with van der Waals surface area (Å²) in [5, 5.41) is 16.6. The fourth-order valence-electron chi connectivity index (χ4n) is 3.00. The third-order valence-electron chi connectivity index (χ3n) is 4.36. The van der Waals surface area contributed by atoms with Gasteiger partial charge in [0.05, 0.1) is 23.9 Å². The first-order valence-corrected chi connectivity index (χ1v) is 7.67. The van der Waals surface area contributed by atoms with Crippen molar-refractivity contribution in [3.63, 3.8) is 0 Å². The van der Waals surface area contributed by atoms with E-state index in [9.17, 15) is 14.3 Å². The number of rotatable bonds is 4. The van der Waals surface area contributed by atoms with Crippen molar-refractivity contribution in [2.24, 2.45) is 13.0 Å². The van der Waals surface area contributed by atoms with Crippen molar-refractivity contribution in [1.82, 2.24) is 15.1 Å². The van der Waals surface area contributed by atoms with Crippen molar-refractivity contribution < 1.29 is 14.3 Å². The maximum absolute atomic E-state index is 14.0. The van der Waals surface area contributed by atoms with Crippen LogP contribution in [0.1, 0.15) is 40.4 Å². The highest BCUT2D eigenvalue weighted by Gasteiger charge is 2.36. The predicted molar refractivity (Wildman–Crippen MR) is 83.3 cm³/mol. The van der Waals surface area contributed by atoms with Gasteiger partial charge in [-0.1, -0.05) is 6.07 Å². The van der Waals surface area contributed by atoms with Gasteiger partial charge in [-0.25, -0.2) is 4.39 Å². The molecule has 122 valence electrons. The van der Waals surface area contributed by atoms with E-state index in [4.69, 9.17) is 0 Å². The molecule has 1 unspecified atom stereocenters. The quantitative estimate of drug-likeness (QED) is 0.907. The monoisotopic (exact) mass is 317 g/mol. The summed E-state index contributed by atoms with van der Waals surface area (Å²) in [5.74, 6) is -0.842. The molecule has 2 aromatic rings. The Hall–Kier alpha value is -2.21. The van der Waals surface area contributed by atoms with Gasteiger partial charge in [0.25, 0.3) is 5.91 Å². The van der Waals surface area contributed by atoms with Crippen LogP contribution in [0.15, 0.2) is 30.6 Å². The molecule has 6 heteroatoms. The molecule has 1 saturated carbocycles. The number of aliphatic hydroxyl groups is 1. The highest BCUT2D eigenvalue weighted by molar-refractivity contribution is 5.94. The summed E-state index contributed by atoms with van der Waals surface area (Å²) in [4.78, 5) is 12.5. The summed E-state index contributed by atoms with van der Waals surface area (Å²) in [7, 11) is 1.80. The number of benzene rings is 1. The van der Waals surface area contributed by atoms with E-state index in [2.05, 4.69) is 10.4 Å². The minimum atomic E-state index is -0.527. The van der Waals surface area contributed by atoms with Crippen molar-refractivity contribution in [3.8, 4) is 0 Å². The Morgan fingerprint density at radius 3 is 2.78 bits per heavy atom. The van der Waals surface area contributed by atoms with Gasteiger partial charge in [-0.3, -0.25) is 9.48 Å². The number of nitrogens with one attached hydrogen (secondary N) is 1. The van der Waals surface area contributed by atoms with E-state index in [1.54, 1.807) is 30.9 Å². The van der Waals surface area contributed by atoms with Crippen LogP contribution in [-0.4, -0.2) is 26.9 Å². The molecule has 1 atom stereocenters. The first kappa shape index (κ1) is 15.7. The summed E-state index contributed by atoms with van der Waals surface area (Å²) in [5.41, 5.74) is 1.67. The highest BCUT2D eigenvalue weighted by Crippen LogP contribution is 2.38.